The normalized spacial score (nSPS) is 12.1. The third kappa shape index (κ3) is 4.06. The predicted octanol–water partition coefficient (Wildman–Crippen LogP) is 3.34. The smallest absolute Gasteiger partial charge is 0.260 e. The summed E-state index contributed by atoms with van der Waals surface area (Å²) in [6.45, 7) is 2.19. The van der Waals surface area contributed by atoms with Crippen LogP contribution in [-0.4, -0.2) is 28.5 Å². The Balaban J connectivity index is 1.49. The van der Waals surface area contributed by atoms with E-state index < -0.39 is 6.10 Å². The van der Waals surface area contributed by atoms with Gasteiger partial charge in [0.15, 0.2) is 6.10 Å². The third-order valence-electron chi connectivity index (χ3n) is 3.58. The molecule has 0 unspecified atom stereocenters. The highest BCUT2D eigenvalue weighted by Gasteiger charge is 2.14. The SMILES string of the molecule is C[C@@H](Oc1cccc(Cl)c1)C(=O)NCCc1nc2ccccc2[nH]1. The molecule has 2 N–H and O–H groups in total. The summed E-state index contributed by atoms with van der Waals surface area (Å²) in [5.74, 6) is 1.24. The molecule has 3 rings (SSSR count). The predicted molar refractivity (Wildman–Crippen MR) is 94.3 cm³/mol. The Hall–Kier alpha value is -2.53. The Kier molecular flexibility index (Phi) is 5.01. The van der Waals surface area contributed by atoms with Crippen LogP contribution in [0.15, 0.2) is 48.5 Å². The second-order valence-electron chi connectivity index (χ2n) is 5.46. The number of fused-ring (bicyclic) bond motifs is 1. The highest BCUT2D eigenvalue weighted by molar-refractivity contribution is 6.30. The number of nitrogens with one attached hydrogen (secondary N) is 2. The molecule has 0 aliphatic heterocycles. The van der Waals surface area contributed by atoms with E-state index in [1.165, 1.54) is 0 Å². The molecule has 0 spiro atoms. The number of para-hydroxylation sites is 2. The van der Waals surface area contributed by atoms with Gasteiger partial charge in [0.2, 0.25) is 0 Å². The zero-order valence-corrected chi connectivity index (χ0v) is 14.0. The van der Waals surface area contributed by atoms with Gasteiger partial charge >= 0.3 is 0 Å². The zero-order valence-electron chi connectivity index (χ0n) is 13.3. The Morgan fingerprint density at radius 3 is 2.92 bits per heavy atom. The standard InChI is InChI=1S/C18H18ClN3O2/c1-12(24-14-6-4-5-13(19)11-14)18(23)20-10-9-17-21-15-7-2-3-8-16(15)22-17/h2-8,11-12H,9-10H2,1H3,(H,20,23)(H,21,22)/t12-/m1/s1. The molecule has 3 aromatic rings. The molecule has 0 aliphatic carbocycles. The van der Waals surface area contributed by atoms with Crippen LogP contribution in [-0.2, 0) is 11.2 Å². The van der Waals surface area contributed by atoms with Gasteiger partial charge in [-0.2, -0.15) is 0 Å². The first-order chi connectivity index (χ1) is 11.6. The minimum absolute atomic E-state index is 0.175. The second-order valence-corrected chi connectivity index (χ2v) is 5.90. The highest BCUT2D eigenvalue weighted by atomic mass is 35.5. The molecule has 0 aliphatic rings. The van der Waals surface area contributed by atoms with Crippen molar-refractivity contribution in [3.05, 3.63) is 59.4 Å². The maximum Gasteiger partial charge on any atom is 0.260 e. The van der Waals surface area contributed by atoms with Gasteiger partial charge in [-0.3, -0.25) is 4.79 Å². The molecule has 5 nitrogen and oxygen atoms in total. The summed E-state index contributed by atoms with van der Waals surface area (Å²) in [6, 6.07) is 14.8. The van der Waals surface area contributed by atoms with Crippen LogP contribution in [0.1, 0.15) is 12.7 Å². The van der Waals surface area contributed by atoms with Gasteiger partial charge in [0.1, 0.15) is 11.6 Å². The topological polar surface area (TPSA) is 67.0 Å². The van der Waals surface area contributed by atoms with E-state index >= 15 is 0 Å². The lowest BCUT2D eigenvalue weighted by Crippen LogP contribution is -2.37. The highest BCUT2D eigenvalue weighted by Crippen LogP contribution is 2.18. The average molecular weight is 344 g/mol. The number of halogens is 1. The fourth-order valence-corrected chi connectivity index (χ4v) is 2.55. The van der Waals surface area contributed by atoms with Crippen molar-refractivity contribution in [3.63, 3.8) is 0 Å². The fourth-order valence-electron chi connectivity index (χ4n) is 2.37. The van der Waals surface area contributed by atoms with Crippen LogP contribution in [0.25, 0.3) is 11.0 Å². The first-order valence-corrected chi connectivity index (χ1v) is 8.13. The van der Waals surface area contributed by atoms with Gasteiger partial charge in [-0.05, 0) is 37.3 Å². The first-order valence-electron chi connectivity index (χ1n) is 7.75. The van der Waals surface area contributed by atoms with Crippen LogP contribution in [0, 0.1) is 0 Å². The summed E-state index contributed by atoms with van der Waals surface area (Å²) in [5, 5.41) is 3.43. The number of ether oxygens (including phenoxy) is 1. The Morgan fingerprint density at radius 2 is 2.12 bits per heavy atom. The van der Waals surface area contributed by atoms with Crippen molar-refractivity contribution >= 4 is 28.5 Å². The van der Waals surface area contributed by atoms with E-state index in [1.54, 1.807) is 31.2 Å². The van der Waals surface area contributed by atoms with E-state index in [9.17, 15) is 4.79 Å². The minimum Gasteiger partial charge on any atom is -0.481 e. The van der Waals surface area contributed by atoms with Gasteiger partial charge in [0.05, 0.1) is 11.0 Å². The minimum atomic E-state index is -0.598. The van der Waals surface area contributed by atoms with E-state index in [0.717, 1.165) is 16.9 Å². The van der Waals surface area contributed by atoms with Gasteiger partial charge in [-0.1, -0.05) is 29.8 Å². The van der Waals surface area contributed by atoms with Gasteiger partial charge < -0.3 is 15.0 Å². The summed E-state index contributed by atoms with van der Waals surface area (Å²) in [5.41, 5.74) is 1.92. The number of aromatic nitrogens is 2. The quantitative estimate of drug-likeness (QED) is 0.721. The van der Waals surface area contributed by atoms with Crippen LogP contribution in [0.5, 0.6) is 5.75 Å². The van der Waals surface area contributed by atoms with E-state index in [0.29, 0.717) is 23.7 Å². The van der Waals surface area contributed by atoms with Crippen LogP contribution < -0.4 is 10.1 Å². The van der Waals surface area contributed by atoms with Gasteiger partial charge in [-0.15, -0.1) is 0 Å². The van der Waals surface area contributed by atoms with Crippen LogP contribution in [0.2, 0.25) is 5.02 Å². The summed E-state index contributed by atoms with van der Waals surface area (Å²) >= 11 is 5.90. The molecule has 0 fully saturated rings. The molecule has 1 aromatic heterocycles. The molecular formula is C18H18ClN3O2. The maximum absolute atomic E-state index is 12.1. The Labute approximate surface area is 145 Å². The number of amides is 1. The molecule has 124 valence electrons. The molecule has 0 radical (unpaired) electrons. The zero-order chi connectivity index (χ0) is 16.9. The first kappa shape index (κ1) is 16.3. The number of carbonyl (C=O) groups excluding carboxylic acids is 1. The number of nitrogens with zero attached hydrogens (tertiary/aromatic N) is 1. The van der Waals surface area contributed by atoms with Gasteiger partial charge in [0.25, 0.3) is 5.91 Å². The molecule has 24 heavy (non-hydrogen) atoms. The van der Waals surface area contributed by atoms with E-state index in [-0.39, 0.29) is 5.91 Å². The molecule has 0 saturated heterocycles. The molecule has 6 heteroatoms. The Morgan fingerprint density at radius 1 is 1.29 bits per heavy atom. The lowest BCUT2D eigenvalue weighted by Gasteiger charge is -2.14. The average Bonchev–Trinajstić information content (AvgIpc) is 2.97. The largest absolute Gasteiger partial charge is 0.481 e. The van der Waals surface area contributed by atoms with Crippen molar-refractivity contribution in [1.82, 2.24) is 15.3 Å². The van der Waals surface area contributed by atoms with E-state index in [4.69, 9.17) is 16.3 Å². The number of hydrogen-bond donors (Lipinski definition) is 2. The van der Waals surface area contributed by atoms with Crippen molar-refractivity contribution in [3.8, 4) is 5.75 Å². The number of benzene rings is 2. The molecule has 2 aromatic carbocycles. The Bertz CT molecular complexity index is 814. The number of carbonyl (C=O) groups is 1. The number of H-pyrrole nitrogens is 1. The molecule has 0 bridgehead atoms. The molecular weight excluding hydrogens is 326 g/mol. The summed E-state index contributed by atoms with van der Waals surface area (Å²) < 4.78 is 5.59. The van der Waals surface area contributed by atoms with Gasteiger partial charge in [0, 0.05) is 18.0 Å². The summed E-state index contributed by atoms with van der Waals surface area (Å²) in [7, 11) is 0. The second kappa shape index (κ2) is 7.36. The molecule has 0 saturated carbocycles. The summed E-state index contributed by atoms with van der Waals surface area (Å²) in [6.07, 6.45) is 0.0313. The van der Waals surface area contributed by atoms with Crippen molar-refractivity contribution in [2.45, 2.75) is 19.4 Å². The summed E-state index contributed by atoms with van der Waals surface area (Å²) in [4.78, 5) is 19.8. The van der Waals surface area contributed by atoms with Crippen LogP contribution in [0.4, 0.5) is 0 Å². The number of hydrogen-bond acceptors (Lipinski definition) is 3. The lowest BCUT2D eigenvalue weighted by molar-refractivity contribution is -0.127. The number of rotatable bonds is 6. The van der Waals surface area contributed by atoms with Crippen LogP contribution in [0.3, 0.4) is 0 Å². The molecule has 1 amide bonds. The third-order valence-corrected chi connectivity index (χ3v) is 3.81. The van der Waals surface area contributed by atoms with Crippen molar-refractivity contribution < 1.29 is 9.53 Å². The van der Waals surface area contributed by atoms with Crippen LogP contribution >= 0.6 is 11.6 Å². The molecule has 1 atom stereocenters. The number of aromatic amines is 1. The monoisotopic (exact) mass is 343 g/mol. The molecule has 1 heterocycles. The number of imidazole rings is 1. The van der Waals surface area contributed by atoms with Gasteiger partial charge in [-0.25, -0.2) is 4.98 Å². The van der Waals surface area contributed by atoms with Crippen molar-refractivity contribution in [2.24, 2.45) is 0 Å². The lowest BCUT2D eigenvalue weighted by atomic mass is 10.3. The van der Waals surface area contributed by atoms with Crippen molar-refractivity contribution in [2.75, 3.05) is 6.54 Å². The van der Waals surface area contributed by atoms with E-state index in [1.807, 2.05) is 24.3 Å². The fraction of sp³-hybridized carbons (Fsp3) is 0.222. The van der Waals surface area contributed by atoms with E-state index in [2.05, 4.69) is 15.3 Å². The van der Waals surface area contributed by atoms with Crippen molar-refractivity contribution in [1.29, 1.82) is 0 Å². The maximum atomic E-state index is 12.1.